The van der Waals surface area contributed by atoms with Crippen molar-refractivity contribution in [2.45, 2.75) is 116 Å². The van der Waals surface area contributed by atoms with Gasteiger partial charge in [-0.3, -0.25) is 9.59 Å². The van der Waals surface area contributed by atoms with Crippen molar-refractivity contribution in [3.8, 4) is 0 Å². The van der Waals surface area contributed by atoms with E-state index in [9.17, 15) is 9.59 Å². The number of carbonyl (C=O) groups excluding carboxylic acids is 2. The normalized spacial score (nSPS) is 35.2. The van der Waals surface area contributed by atoms with E-state index in [2.05, 4.69) is 68.7 Å². The van der Waals surface area contributed by atoms with Crippen LogP contribution in [0.1, 0.15) is 115 Å². The third-order valence-electron chi connectivity index (χ3n) is 12.6. The summed E-state index contributed by atoms with van der Waals surface area (Å²) in [6.07, 6.45) is 11.4. The van der Waals surface area contributed by atoms with E-state index in [1.54, 1.807) is 0 Å². The van der Waals surface area contributed by atoms with Crippen molar-refractivity contribution in [2.75, 3.05) is 17.6 Å². The molecule has 2 aromatic carbocycles. The minimum Gasteiger partial charge on any atom is -0.399 e. The summed E-state index contributed by atoms with van der Waals surface area (Å²) in [5.74, 6) is 1.11. The zero-order valence-electron chi connectivity index (χ0n) is 26.5. The molecule has 4 aliphatic carbocycles. The minimum absolute atomic E-state index is 0.0153. The predicted octanol–water partition coefficient (Wildman–Crippen LogP) is 7.45. The number of nitrogen functional groups attached to an aromatic ring is 1. The van der Waals surface area contributed by atoms with Crippen LogP contribution in [0.4, 0.5) is 11.4 Å². The van der Waals surface area contributed by atoms with Gasteiger partial charge in [0.1, 0.15) is 0 Å². The van der Waals surface area contributed by atoms with E-state index in [-0.39, 0.29) is 33.5 Å². The molecule has 2 amide bonds. The van der Waals surface area contributed by atoms with Crippen molar-refractivity contribution in [1.82, 2.24) is 5.32 Å². The average Bonchev–Trinajstić information content (AvgIpc) is 2.96. The van der Waals surface area contributed by atoms with E-state index in [4.69, 9.17) is 5.73 Å². The molecular weight excluding hydrogens is 518 g/mol. The number of amides is 2. The monoisotopic (exact) mass is 569 g/mol. The Morgan fingerprint density at radius 2 is 1.45 bits per heavy atom. The van der Waals surface area contributed by atoms with Gasteiger partial charge in [-0.1, -0.05) is 59.6 Å². The second-order valence-corrected chi connectivity index (χ2v) is 15.2. The van der Waals surface area contributed by atoms with Gasteiger partial charge >= 0.3 is 0 Å². The van der Waals surface area contributed by atoms with Crippen LogP contribution in [-0.2, 0) is 33.3 Å². The molecule has 0 aromatic heterocycles. The number of benzene rings is 2. The van der Waals surface area contributed by atoms with E-state index in [1.165, 1.54) is 22.3 Å². The third kappa shape index (κ3) is 4.57. The molecule has 0 radical (unpaired) electrons. The number of fused-ring (bicyclic) bond motifs is 6. The smallest absolute Gasteiger partial charge is 0.226 e. The zero-order chi connectivity index (χ0) is 29.9. The Labute approximate surface area is 252 Å². The Morgan fingerprint density at radius 3 is 2.17 bits per heavy atom. The van der Waals surface area contributed by atoms with Crippen molar-refractivity contribution in [3.63, 3.8) is 0 Å². The van der Waals surface area contributed by atoms with Crippen molar-refractivity contribution in [2.24, 2.45) is 22.7 Å². The largest absolute Gasteiger partial charge is 0.399 e. The summed E-state index contributed by atoms with van der Waals surface area (Å²) in [5.41, 5.74) is 13.3. The molecular formula is C37H51N3O2. The van der Waals surface area contributed by atoms with Crippen LogP contribution >= 0.6 is 0 Å². The summed E-state index contributed by atoms with van der Waals surface area (Å²) in [6, 6.07) is 13.0. The number of nitrogens with two attached hydrogens (primary N) is 1. The topological polar surface area (TPSA) is 84.2 Å². The van der Waals surface area contributed by atoms with Crippen molar-refractivity contribution in [3.05, 3.63) is 58.7 Å². The van der Waals surface area contributed by atoms with Gasteiger partial charge in [0, 0.05) is 24.3 Å². The SMILES string of the molecule is CCC(=O)Nc1ccc2c(c1)C1(C)CCC[C@](C)(CNC(=O)[C@@]3(C)CCCC4(C)c5cc(N)ccc5CCC43)C1CC2. The van der Waals surface area contributed by atoms with E-state index < -0.39 is 0 Å². The zero-order valence-corrected chi connectivity index (χ0v) is 26.5. The molecule has 0 saturated heterocycles. The number of rotatable bonds is 5. The molecule has 2 fully saturated rings. The number of hydrogen-bond donors (Lipinski definition) is 3. The number of aryl methyl sites for hydroxylation is 2. The summed E-state index contributed by atoms with van der Waals surface area (Å²) in [4.78, 5) is 26.5. The first kappa shape index (κ1) is 29.3. The molecule has 4 aliphatic rings. The number of nitrogens with one attached hydrogen (secondary N) is 2. The Balaban J connectivity index is 1.23. The summed E-state index contributed by atoms with van der Waals surface area (Å²) < 4.78 is 0. The van der Waals surface area contributed by atoms with Gasteiger partial charge in [-0.15, -0.1) is 0 Å². The predicted molar refractivity (Wildman–Crippen MR) is 171 cm³/mol. The van der Waals surface area contributed by atoms with Crippen LogP contribution < -0.4 is 16.4 Å². The maximum absolute atomic E-state index is 14.3. The summed E-state index contributed by atoms with van der Waals surface area (Å²) in [7, 11) is 0. The van der Waals surface area contributed by atoms with Crippen molar-refractivity contribution < 1.29 is 9.59 Å². The number of carbonyl (C=O) groups is 2. The molecule has 226 valence electrons. The molecule has 42 heavy (non-hydrogen) atoms. The molecule has 0 spiro atoms. The first-order valence-corrected chi connectivity index (χ1v) is 16.5. The van der Waals surface area contributed by atoms with Crippen LogP contribution in [0.25, 0.3) is 0 Å². The number of hydrogen-bond acceptors (Lipinski definition) is 3. The fourth-order valence-corrected chi connectivity index (χ4v) is 10.4. The highest BCUT2D eigenvalue weighted by atomic mass is 16.2. The molecule has 4 unspecified atom stereocenters. The van der Waals surface area contributed by atoms with Crippen LogP contribution in [0.3, 0.4) is 0 Å². The van der Waals surface area contributed by atoms with Gasteiger partial charge in [-0.05, 0) is 126 Å². The van der Waals surface area contributed by atoms with Crippen LogP contribution in [0, 0.1) is 22.7 Å². The van der Waals surface area contributed by atoms with Crippen LogP contribution in [-0.4, -0.2) is 18.4 Å². The Morgan fingerprint density at radius 1 is 0.833 bits per heavy atom. The second-order valence-electron chi connectivity index (χ2n) is 15.2. The lowest BCUT2D eigenvalue weighted by Crippen LogP contribution is -2.58. The van der Waals surface area contributed by atoms with Crippen molar-refractivity contribution >= 4 is 23.2 Å². The maximum Gasteiger partial charge on any atom is 0.226 e. The molecule has 6 rings (SSSR count). The molecule has 0 aliphatic heterocycles. The van der Waals surface area contributed by atoms with E-state index in [1.807, 2.05) is 13.0 Å². The lowest BCUT2D eigenvalue weighted by molar-refractivity contribution is -0.140. The quantitative estimate of drug-likeness (QED) is 0.327. The van der Waals surface area contributed by atoms with Gasteiger partial charge in [0.2, 0.25) is 11.8 Å². The molecule has 6 atom stereocenters. The van der Waals surface area contributed by atoms with E-state index in [0.717, 1.165) is 82.1 Å². The van der Waals surface area contributed by atoms with Gasteiger partial charge < -0.3 is 16.4 Å². The molecule has 5 heteroatoms. The Bertz CT molecular complexity index is 1400. The highest BCUT2D eigenvalue weighted by molar-refractivity contribution is 5.90. The summed E-state index contributed by atoms with van der Waals surface area (Å²) >= 11 is 0. The van der Waals surface area contributed by atoms with Crippen LogP contribution in [0.15, 0.2) is 36.4 Å². The van der Waals surface area contributed by atoms with E-state index in [0.29, 0.717) is 18.3 Å². The maximum atomic E-state index is 14.3. The second kappa shape index (κ2) is 10.4. The minimum atomic E-state index is -0.380. The van der Waals surface area contributed by atoms with E-state index >= 15 is 0 Å². The first-order valence-electron chi connectivity index (χ1n) is 16.5. The highest BCUT2D eigenvalue weighted by Gasteiger charge is 2.56. The molecule has 2 aromatic rings. The van der Waals surface area contributed by atoms with Gasteiger partial charge in [0.05, 0.1) is 5.41 Å². The molecule has 0 bridgehead atoms. The lowest BCUT2D eigenvalue weighted by Gasteiger charge is -2.56. The van der Waals surface area contributed by atoms with Crippen LogP contribution in [0.5, 0.6) is 0 Å². The fraction of sp³-hybridized carbons (Fsp3) is 0.622. The average molecular weight is 570 g/mol. The first-order chi connectivity index (χ1) is 19.9. The third-order valence-corrected chi connectivity index (χ3v) is 12.6. The lowest BCUT2D eigenvalue weighted by atomic mass is 9.49. The molecule has 4 N–H and O–H groups in total. The van der Waals surface area contributed by atoms with Gasteiger partial charge in [-0.25, -0.2) is 0 Å². The fourth-order valence-electron chi connectivity index (χ4n) is 10.4. The number of anilines is 2. The Hall–Kier alpha value is -2.82. The van der Waals surface area contributed by atoms with Gasteiger partial charge in [0.25, 0.3) is 0 Å². The molecule has 2 saturated carbocycles. The molecule has 5 nitrogen and oxygen atoms in total. The van der Waals surface area contributed by atoms with Crippen LogP contribution in [0.2, 0.25) is 0 Å². The standard InChI is InChI=1S/C37H51N3O2/c1-6-32(41)40-27-14-10-25-11-15-30-34(2,17-7-18-35(30,3)29(25)22-27)23-39-33(42)37(5)20-8-19-36(4)28-21-26(38)13-9-24(28)12-16-31(36)37/h9-10,13-14,21-22,30-31H,6-8,11-12,15-20,23,38H2,1-5H3,(H,39,42)(H,40,41)/t30?,31?,34-,35?,36?,37+/m1/s1. The van der Waals surface area contributed by atoms with Gasteiger partial charge in [0.15, 0.2) is 0 Å². The van der Waals surface area contributed by atoms with Gasteiger partial charge in [-0.2, -0.15) is 0 Å². The molecule has 0 heterocycles. The highest BCUT2D eigenvalue weighted by Crippen LogP contribution is 2.59. The summed E-state index contributed by atoms with van der Waals surface area (Å²) in [5, 5.41) is 6.68. The summed E-state index contributed by atoms with van der Waals surface area (Å²) in [6.45, 7) is 12.1. The van der Waals surface area contributed by atoms with Crippen molar-refractivity contribution in [1.29, 1.82) is 0 Å². The Kier molecular flexibility index (Phi) is 7.26.